The molecule has 110 valence electrons. The lowest BCUT2D eigenvalue weighted by Gasteiger charge is -2.47. The Labute approximate surface area is 127 Å². The monoisotopic (exact) mass is 303 g/mol. The first-order valence-corrected chi connectivity index (χ1v) is 7.85. The minimum absolute atomic E-state index is 0.00637. The van der Waals surface area contributed by atoms with Gasteiger partial charge in [0.15, 0.2) is 0 Å². The molecular formula is C15H17N3O2S. The Morgan fingerprint density at radius 3 is 2.86 bits per heavy atom. The maximum Gasteiger partial charge on any atom is 0.253 e. The Hall–Kier alpha value is -1.79. The van der Waals surface area contributed by atoms with Crippen LogP contribution in [0.2, 0.25) is 0 Å². The molecule has 3 N–H and O–H groups in total. The van der Waals surface area contributed by atoms with E-state index in [4.69, 9.17) is 5.73 Å². The number of amides is 2. The molecule has 1 saturated heterocycles. The van der Waals surface area contributed by atoms with Gasteiger partial charge in [0.25, 0.3) is 5.91 Å². The SMILES string of the molecule is CC1=CN2C(=O)[C@@H](NC(=O)C(N)c3ccccc3)[C@H]2SC1. The van der Waals surface area contributed by atoms with Crippen molar-refractivity contribution in [3.63, 3.8) is 0 Å². The smallest absolute Gasteiger partial charge is 0.253 e. The van der Waals surface area contributed by atoms with Crippen LogP contribution in [0.3, 0.4) is 0 Å². The number of carbonyl (C=O) groups is 2. The van der Waals surface area contributed by atoms with Crippen LogP contribution >= 0.6 is 11.8 Å². The lowest BCUT2D eigenvalue weighted by Crippen LogP contribution is -2.69. The molecule has 2 amide bonds. The fraction of sp³-hybridized carbons (Fsp3) is 0.333. The number of β-lactam (4-membered cyclic amide) rings is 1. The normalized spacial score (nSPS) is 25.5. The zero-order valence-corrected chi connectivity index (χ0v) is 12.5. The van der Waals surface area contributed by atoms with Crippen LogP contribution in [0.5, 0.6) is 0 Å². The van der Waals surface area contributed by atoms with Crippen molar-refractivity contribution in [3.8, 4) is 0 Å². The number of nitrogens with two attached hydrogens (primary N) is 1. The van der Waals surface area contributed by atoms with Crippen molar-refractivity contribution >= 4 is 23.6 Å². The summed E-state index contributed by atoms with van der Waals surface area (Å²) in [6, 6.07) is 7.93. The summed E-state index contributed by atoms with van der Waals surface area (Å²) in [5.41, 5.74) is 7.85. The van der Waals surface area contributed by atoms with E-state index in [1.54, 1.807) is 28.8 Å². The van der Waals surface area contributed by atoms with Crippen molar-refractivity contribution in [1.29, 1.82) is 0 Å². The third-order valence-corrected chi connectivity index (χ3v) is 5.12. The molecule has 3 atom stereocenters. The van der Waals surface area contributed by atoms with E-state index in [2.05, 4.69) is 5.32 Å². The fourth-order valence-electron chi connectivity index (χ4n) is 2.48. The van der Waals surface area contributed by atoms with E-state index in [1.807, 2.05) is 31.3 Å². The van der Waals surface area contributed by atoms with E-state index in [0.29, 0.717) is 0 Å². The Morgan fingerprint density at radius 2 is 2.14 bits per heavy atom. The Kier molecular flexibility index (Phi) is 3.73. The Morgan fingerprint density at radius 1 is 1.43 bits per heavy atom. The summed E-state index contributed by atoms with van der Waals surface area (Å²) >= 11 is 1.66. The molecule has 2 aliphatic rings. The van der Waals surface area contributed by atoms with Gasteiger partial charge >= 0.3 is 0 Å². The van der Waals surface area contributed by atoms with Crippen molar-refractivity contribution in [2.45, 2.75) is 24.4 Å². The molecule has 1 unspecified atom stereocenters. The quantitative estimate of drug-likeness (QED) is 0.817. The van der Waals surface area contributed by atoms with Gasteiger partial charge in [-0.25, -0.2) is 0 Å². The molecule has 2 aliphatic heterocycles. The first kappa shape index (κ1) is 14.2. The number of rotatable bonds is 3. The summed E-state index contributed by atoms with van der Waals surface area (Å²) in [7, 11) is 0. The highest BCUT2D eigenvalue weighted by molar-refractivity contribution is 8.00. The van der Waals surface area contributed by atoms with Crippen LogP contribution in [-0.4, -0.2) is 33.9 Å². The molecule has 0 radical (unpaired) electrons. The van der Waals surface area contributed by atoms with Crippen LogP contribution in [0.1, 0.15) is 18.5 Å². The maximum absolute atomic E-state index is 12.2. The van der Waals surface area contributed by atoms with Gasteiger partial charge in [0, 0.05) is 12.0 Å². The second kappa shape index (κ2) is 5.54. The summed E-state index contributed by atoms with van der Waals surface area (Å²) in [6.45, 7) is 1.99. The number of hydrogen-bond acceptors (Lipinski definition) is 4. The Balaban J connectivity index is 1.65. The third kappa shape index (κ3) is 2.56. The van der Waals surface area contributed by atoms with Crippen molar-refractivity contribution in [2.75, 3.05) is 5.75 Å². The maximum atomic E-state index is 12.2. The summed E-state index contributed by atoms with van der Waals surface area (Å²) < 4.78 is 0. The molecule has 3 rings (SSSR count). The molecule has 0 aromatic heterocycles. The van der Waals surface area contributed by atoms with E-state index < -0.39 is 12.1 Å². The van der Waals surface area contributed by atoms with Crippen molar-refractivity contribution in [2.24, 2.45) is 5.73 Å². The van der Waals surface area contributed by atoms with Crippen molar-refractivity contribution < 1.29 is 9.59 Å². The highest BCUT2D eigenvalue weighted by atomic mass is 32.2. The number of hydrogen-bond donors (Lipinski definition) is 2. The molecule has 21 heavy (non-hydrogen) atoms. The van der Waals surface area contributed by atoms with Crippen LogP contribution in [0, 0.1) is 0 Å². The molecule has 1 aromatic carbocycles. The van der Waals surface area contributed by atoms with Gasteiger partial charge in [0.1, 0.15) is 17.5 Å². The fourth-order valence-corrected chi connectivity index (χ4v) is 3.69. The molecule has 0 bridgehead atoms. The van der Waals surface area contributed by atoms with Gasteiger partial charge in [-0.2, -0.15) is 0 Å². The molecule has 5 nitrogen and oxygen atoms in total. The van der Waals surface area contributed by atoms with Gasteiger partial charge in [0.2, 0.25) is 5.91 Å². The first-order chi connectivity index (χ1) is 10.1. The van der Waals surface area contributed by atoms with E-state index in [9.17, 15) is 9.59 Å². The predicted octanol–water partition coefficient (Wildman–Crippen LogP) is 0.990. The summed E-state index contributed by atoms with van der Waals surface area (Å²) in [6.07, 6.45) is 1.86. The van der Waals surface area contributed by atoms with Crippen LogP contribution in [0.15, 0.2) is 42.1 Å². The number of nitrogens with one attached hydrogen (secondary N) is 1. The van der Waals surface area contributed by atoms with Gasteiger partial charge in [-0.15, -0.1) is 11.8 Å². The molecule has 0 spiro atoms. The van der Waals surface area contributed by atoms with Crippen molar-refractivity contribution in [3.05, 3.63) is 47.7 Å². The second-order valence-corrected chi connectivity index (χ2v) is 6.40. The number of carbonyl (C=O) groups excluding carboxylic acids is 2. The predicted molar refractivity (Wildman–Crippen MR) is 82.2 cm³/mol. The van der Waals surface area contributed by atoms with Crippen LogP contribution in [0.25, 0.3) is 0 Å². The molecule has 0 saturated carbocycles. The van der Waals surface area contributed by atoms with E-state index in [1.165, 1.54) is 0 Å². The average Bonchev–Trinajstić information content (AvgIpc) is 2.52. The third-order valence-electron chi connectivity index (χ3n) is 3.66. The van der Waals surface area contributed by atoms with Crippen LogP contribution in [0.4, 0.5) is 0 Å². The minimum Gasteiger partial charge on any atom is -0.340 e. The number of fused-ring (bicyclic) bond motifs is 1. The molecular weight excluding hydrogens is 286 g/mol. The largest absolute Gasteiger partial charge is 0.340 e. The highest BCUT2D eigenvalue weighted by Gasteiger charge is 2.49. The zero-order valence-electron chi connectivity index (χ0n) is 11.7. The van der Waals surface area contributed by atoms with Crippen LogP contribution < -0.4 is 11.1 Å². The standard InChI is InChI=1S/C15H17N3O2S/c1-9-7-18-14(20)12(15(18)21-8-9)17-13(19)11(16)10-5-3-2-4-6-10/h2-7,11-12,15H,8,16H2,1H3,(H,17,19)/t11?,12-,15-/m1/s1. The molecule has 6 heteroatoms. The number of nitrogens with zero attached hydrogens (tertiary/aromatic N) is 1. The second-order valence-electron chi connectivity index (χ2n) is 5.30. The van der Waals surface area contributed by atoms with E-state index >= 15 is 0 Å². The van der Waals surface area contributed by atoms with E-state index in [-0.39, 0.29) is 17.2 Å². The Bertz CT molecular complexity index is 602. The zero-order chi connectivity index (χ0) is 15.0. The molecule has 0 aliphatic carbocycles. The lowest BCUT2D eigenvalue weighted by molar-refractivity contribution is -0.145. The minimum atomic E-state index is -0.751. The molecule has 1 fully saturated rings. The molecule has 1 aromatic rings. The van der Waals surface area contributed by atoms with Crippen LogP contribution in [-0.2, 0) is 9.59 Å². The first-order valence-electron chi connectivity index (χ1n) is 6.80. The van der Waals surface area contributed by atoms with Gasteiger partial charge in [-0.3, -0.25) is 9.59 Å². The number of thioether (sulfide) groups is 1. The summed E-state index contributed by atoms with van der Waals surface area (Å²) in [4.78, 5) is 25.9. The average molecular weight is 303 g/mol. The molecule has 2 heterocycles. The van der Waals surface area contributed by atoms with Crippen molar-refractivity contribution in [1.82, 2.24) is 10.2 Å². The summed E-state index contributed by atoms with van der Waals surface area (Å²) in [5, 5.41) is 2.77. The van der Waals surface area contributed by atoms with Gasteiger partial charge in [0.05, 0.1) is 0 Å². The van der Waals surface area contributed by atoms with Gasteiger partial charge < -0.3 is 16.0 Å². The lowest BCUT2D eigenvalue weighted by atomic mass is 10.0. The highest BCUT2D eigenvalue weighted by Crippen LogP contribution is 2.35. The topological polar surface area (TPSA) is 75.4 Å². The number of benzene rings is 1. The summed E-state index contributed by atoms with van der Waals surface area (Å²) in [5.74, 6) is 0.497. The van der Waals surface area contributed by atoms with E-state index in [0.717, 1.165) is 16.9 Å². The van der Waals surface area contributed by atoms with Gasteiger partial charge in [-0.1, -0.05) is 30.3 Å². The van der Waals surface area contributed by atoms with Gasteiger partial charge in [-0.05, 0) is 18.1 Å².